The van der Waals surface area contributed by atoms with Crippen molar-refractivity contribution >= 4 is 11.9 Å². The summed E-state index contributed by atoms with van der Waals surface area (Å²) in [4.78, 5) is 12.2. The Labute approximate surface area is 136 Å². The normalized spacial score (nSPS) is 11.6. The molecule has 120 valence electrons. The Morgan fingerprint density at radius 1 is 1.39 bits per heavy atom. The van der Waals surface area contributed by atoms with Crippen LogP contribution in [0.4, 0.5) is 0 Å². The maximum Gasteiger partial charge on any atom is 0.209 e. The second kappa shape index (κ2) is 7.54. The van der Waals surface area contributed by atoms with Crippen LogP contribution in [0.15, 0.2) is 47.4 Å². The van der Waals surface area contributed by atoms with E-state index in [1.165, 1.54) is 6.07 Å². The molecule has 5 nitrogen and oxygen atoms in total. The number of nitrogens with one attached hydrogen (secondary N) is 2. The second-order valence-electron chi connectivity index (χ2n) is 5.83. The summed E-state index contributed by atoms with van der Waals surface area (Å²) < 4.78 is 1.68. The average molecular weight is 310 g/mol. The van der Waals surface area contributed by atoms with Crippen LogP contribution in [0.3, 0.4) is 0 Å². The maximum atomic E-state index is 12.2. The molecule has 2 N–H and O–H groups in total. The third-order valence-corrected chi connectivity index (χ3v) is 3.28. The summed E-state index contributed by atoms with van der Waals surface area (Å²) >= 11 is 0. The van der Waals surface area contributed by atoms with Crippen molar-refractivity contribution in [3.8, 4) is 5.69 Å². The third-order valence-electron chi connectivity index (χ3n) is 3.28. The molecule has 0 fully saturated rings. The molecule has 0 saturated heterocycles. The number of hydrogen-bond acceptors (Lipinski definition) is 4. The molecule has 0 aliphatic carbocycles. The Bertz CT molecular complexity index is 775. The second-order valence-corrected chi connectivity index (χ2v) is 5.83. The van der Waals surface area contributed by atoms with Crippen LogP contribution in [0.1, 0.15) is 25.1 Å². The van der Waals surface area contributed by atoms with Crippen LogP contribution in [-0.2, 0) is 0 Å². The Balaban J connectivity index is 2.45. The number of allylic oxidation sites excluding steroid dienone is 1. The smallest absolute Gasteiger partial charge is 0.209 e. The van der Waals surface area contributed by atoms with Crippen molar-refractivity contribution in [2.24, 2.45) is 5.92 Å². The molecule has 0 amide bonds. The fraction of sp³-hybridized carbons (Fsp3) is 0.278. The molecule has 2 rings (SSSR count). The molecule has 0 aliphatic rings. The Kier molecular flexibility index (Phi) is 5.46. The SMILES string of the molecule is Cc1cccc(-n2ccc(=O)c(/C(=C/C=N)NCC(C)C)n2)c1. The van der Waals surface area contributed by atoms with E-state index in [1.54, 1.807) is 17.0 Å². The molecule has 1 aromatic heterocycles. The predicted octanol–water partition coefficient (Wildman–Crippen LogP) is 2.78. The molecular weight excluding hydrogens is 288 g/mol. The van der Waals surface area contributed by atoms with Gasteiger partial charge in [-0.25, -0.2) is 4.68 Å². The van der Waals surface area contributed by atoms with E-state index in [0.717, 1.165) is 17.5 Å². The predicted molar refractivity (Wildman–Crippen MR) is 94.2 cm³/mol. The van der Waals surface area contributed by atoms with Crippen LogP contribution in [-0.4, -0.2) is 22.5 Å². The van der Waals surface area contributed by atoms with E-state index < -0.39 is 0 Å². The first-order valence-corrected chi connectivity index (χ1v) is 7.63. The number of aromatic nitrogens is 2. The summed E-state index contributed by atoms with van der Waals surface area (Å²) in [5, 5.41) is 15.0. The standard InChI is InChI=1S/C18H22N4O/c1-13(2)12-20-16(7-9-19)18-17(23)8-10-22(21-18)15-6-4-5-14(3)11-15/h4-11,13,19-20H,12H2,1-3H3/b16-7-,19-9?. The monoisotopic (exact) mass is 310 g/mol. The molecule has 23 heavy (non-hydrogen) atoms. The Morgan fingerprint density at radius 2 is 2.17 bits per heavy atom. The van der Waals surface area contributed by atoms with E-state index in [1.807, 2.05) is 31.2 Å². The van der Waals surface area contributed by atoms with Crippen LogP contribution >= 0.6 is 0 Å². The number of benzene rings is 1. The number of aryl methyl sites for hydroxylation is 1. The van der Waals surface area contributed by atoms with E-state index in [9.17, 15) is 4.79 Å². The molecule has 0 aliphatic heterocycles. The van der Waals surface area contributed by atoms with Crippen molar-refractivity contribution in [1.82, 2.24) is 15.1 Å². The van der Waals surface area contributed by atoms with E-state index in [-0.39, 0.29) is 5.43 Å². The summed E-state index contributed by atoms with van der Waals surface area (Å²) in [7, 11) is 0. The van der Waals surface area contributed by atoms with Crippen molar-refractivity contribution in [1.29, 1.82) is 5.41 Å². The fourth-order valence-electron chi connectivity index (χ4n) is 2.13. The number of nitrogens with zero attached hydrogens (tertiary/aromatic N) is 2. The van der Waals surface area contributed by atoms with Crippen molar-refractivity contribution in [2.75, 3.05) is 6.54 Å². The molecule has 0 unspecified atom stereocenters. The first kappa shape index (κ1) is 16.7. The highest BCUT2D eigenvalue weighted by atomic mass is 16.1. The lowest BCUT2D eigenvalue weighted by molar-refractivity contribution is 0.616. The van der Waals surface area contributed by atoms with Crippen LogP contribution in [0, 0.1) is 18.3 Å². The highest BCUT2D eigenvalue weighted by Crippen LogP contribution is 2.10. The molecule has 1 heterocycles. The molecule has 0 saturated carbocycles. The fourth-order valence-corrected chi connectivity index (χ4v) is 2.13. The Hall–Kier alpha value is -2.69. The molecule has 2 aromatic rings. The van der Waals surface area contributed by atoms with Gasteiger partial charge in [0.2, 0.25) is 5.43 Å². The Morgan fingerprint density at radius 3 is 2.83 bits per heavy atom. The summed E-state index contributed by atoms with van der Waals surface area (Å²) in [5.41, 5.74) is 2.74. The van der Waals surface area contributed by atoms with E-state index in [0.29, 0.717) is 23.9 Å². The van der Waals surface area contributed by atoms with Gasteiger partial charge in [-0.3, -0.25) is 4.79 Å². The van der Waals surface area contributed by atoms with Gasteiger partial charge >= 0.3 is 0 Å². The molecule has 5 heteroatoms. The highest BCUT2D eigenvalue weighted by Gasteiger charge is 2.10. The lowest BCUT2D eigenvalue weighted by Gasteiger charge is -2.13. The van der Waals surface area contributed by atoms with E-state index >= 15 is 0 Å². The van der Waals surface area contributed by atoms with Crippen LogP contribution < -0.4 is 10.7 Å². The van der Waals surface area contributed by atoms with Gasteiger partial charge in [0, 0.05) is 25.0 Å². The van der Waals surface area contributed by atoms with Gasteiger partial charge in [-0.05, 0) is 36.6 Å². The first-order chi connectivity index (χ1) is 11.0. The van der Waals surface area contributed by atoms with E-state index in [4.69, 9.17) is 5.41 Å². The topological polar surface area (TPSA) is 70.8 Å². The lowest BCUT2D eigenvalue weighted by atomic mass is 10.2. The zero-order chi connectivity index (χ0) is 16.8. The largest absolute Gasteiger partial charge is 0.383 e. The summed E-state index contributed by atoms with van der Waals surface area (Å²) in [6.07, 6.45) is 4.38. The number of rotatable bonds is 6. The van der Waals surface area contributed by atoms with Crippen molar-refractivity contribution in [2.45, 2.75) is 20.8 Å². The lowest BCUT2D eigenvalue weighted by Crippen LogP contribution is -2.25. The van der Waals surface area contributed by atoms with Crippen LogP contribution in [0.25, 0.3) is 11.4 Å². The summed E-state index contributed by atoms with van der Waals surface area (Å²) in [6, 6.07) is 9.41. The quantitative estimate of drug-likeness (QED) is 0.806. The van der Waals surface area contributed by atoms with Crippen molar-refractivity contribution in [3.63, 3.8) is 0 Å². The molecule has 1 aromatic carbocycles. The van der Waals surface area contributed by atoms with Gasteiger partial charge in [-0.2, -0.15) is 5.10 Å². The average Bonchev–Trinajstić information content (AvgIpc) is 2.52. The molecule has 0 bridgehead atoms. The zero-order valence-electron chi connectivity index (χ0n) is 13.7. The van der Waals surface area contributed by atoms with Crippen LogP contribution in [0.2, 0.25) is 0 Å². The molecule has 0 spiro atoms. The summed E-state index contributed by atoms with van der Waals surface area (Å²) in [6.45, 7) is 6.88. The molecule has 0 atom stereocenters. The zero-order valence-corrected chi connectivity index (χ0v) is 13.7. The van der Waals surface area contributed by atoms with Crippen molar-refractivity contribution in [3.05, 3.63) is 64.1 Å². The van der Waals surface area contributed by atoms with Gasteiger partial charge < -0.3 is 10.7 Å². The van der Waals surface area contributed by atoms with Gasteiger partial charge in [0.15, 0.2) is 5.69 Å². The maximum absolute atomic E-state index is 12.2. The minimum Gasteiger partial charge on any atom is -0.383 e. The van der Waals surface area contributed by atoms with Gasteiger partial charge in [-0.1, -0.05) is 26.0 Å². The first-order valence-electron chi connectivity index (χ1n) is 7.63. The van der Waals surface area contributed by atoms with Crippen molar-refractivity contribution < 1.29 is 0 Å². The third kappa shape index (κ3) is 4.39. The minimum atomic E-state index is -0.168. The van der Waals surface area contributed by atoms with Gasteiger partial charge in [0.1, 0.15) is 0 Å². The van der Waals surface area contributed by atoms with Crippen LogP contribution in [0.5, 0.6) is 0 Å². The van der Waals surface area contributed by atoms with E-state index in [2.05, 4.69) is 24.3 Å². The molecular formula is C18H22N4O. The number of hydrogen-bond donors (Lipinski definition) is 2. The molecule has 0 radical (unpaired) electrons. The summed E-state index contributed by atoms with van der Waals surface area (Å²) in [5.74, 6) is 0.423. The minimum absolute atomic E-state index is 0.168. The van der Waals surface area contributed by atoms with Gasteiger partial charge in [0.05, 0.1) is 11.4 Å². The highest BCUT2D eigenvalue weighted by molar-refractivity contribution is 5.81. The van der Waals surface area contributed by atoms with Gasteiger partial charge in [-0.15, -0.1) is 0 Å². The van der Waals surface area contributed by atoms with Gasteiger partial charge in [0.25, 0.3) is 0 Å².